The summed E-state index contributed by atoms with van der Waals surface area (Å²) in [4.78, 5) is 22.3. The summed E-state index contributed by atoms with van der Waals surface area (Å²) >= 11 is 1.54. The van der Waals surface area contributed by atoms with E-state index in [0.29, 0.717) is 11.7 Å². The predicted octanol–water partition coefficient (Wildman–Crippen LogP) is 4.62. The molecule has 0 aliphatic carbocycles. The molecule has 1 amide bonds. The van der Waals surface area contributed by atoms with E-state index in [1.54, 1.807) is 54.3 Å². The molecule has 0 saturated heterocycles. The molecule has 3 aromatic rings. The minimum absolute atomic E-state index is 0.0401. The van der Waals surface area contributed by atoms with Crippen LogP contribution in [0.25, 0.3) is 10.2 Å². The molecule has 178 valence electrons. The standard InChI is InChI=1S/C25H33N3O3S2/c1-17(2)33(30,31)21-10-8-20(9-11-21)16-23(29)28(13-7-12-27(5)6)25-26-24-19(4)14-18(3)15-22(24)32-25/h8-11,14-15,17H,7,12-13,16H2,1-6H3. The summed E-state index contributed by atoms with van der Waals surface area (Å²) in [7, 11) is 0.701. The SMILES string of the molecule is Cc1cc(C)c2nc(N(CCCN(C)C)C(=O)Cc3ccc(S(=O)(=O)C(C)C)cc3)sc2c1. The van der Waals surface area contributed by atoms with Crippen molar-refractivity contribution in [2.24, 2.45) is 0 Å². The second kappa shape index (κ2) is 10.3. The Bertz CT molecular complexity index is 1230. The van der Waals surface area contributed by atoms with Gasteiger partial charge in [0.15, 0.2) is 15.0 Å². The van der Waals surface area contributed by atoms with Crippen molar-refractivity contribution in [2.75, 3.05) is 32.1 Å². The second-order valence-electron chi connectivity index (χ2n) is 9.04. The Morgan fingerprint density at radius 3 is 2.33 bits per heavy atom. The van der Waals surface area contributed by atoms with Gasteiger partial charge in [0, 0.05) is 6.54 Å². The molecule has 0 fully saturated rings. The first-order valence-electron chi connectivity index (χ1n) is 11.1. The lowest BCUT2D eigenvalue weighted by atomic mass is 10.1. The van der Waals surface area contributed by atoms with Gasteiger partial charge in [0.05, 0.1) is 26.8 Å². The molecule has 0 unspecified atom stereocenters. The number of hydrogen-bond donors (Lipinski definition) is 0. The molecule has 0 radical (unpaired) electrons. The van der Waals surface area contributed by atoms with Crippen molar-refractivity contribution in [2.45, 2.75) is 50.7 Å². The number of anilines is 1. The minimum atomic E-state index is -3.33. The van der Waals surface area contributed by atoms with Crippen molar-refractivity contribution in [1.29, 1.82) is 0 Å². The quantitative estimate of drug-likeness (QED) is 0.440. The number of hydrogen-bond acceptors (Lipinski definition) is 6. The molecule has 0 aliphatic heterocycles. The van der Waals surface area contributed by atoms with Gasteiger partial charge in [-0.25, -0.2) is 13.4 Å². The highest BCUT2D eigenvalue weighted by molar-refractivity contribution is 7.92. The third-order valence-corrected chi connectivity index (χ3v) is 8.76. The minimum Gasteiger partial charge on any atom is -0.309 e. The number of carbonyl (C=O) groups is 1. The van der Waals surface area contributed by atoms with E-state index in [9.17, 15) is 13.2 Å². The largest absolute Gasteiger partial charge is 0.309 e. The van der Waals surface area contributed by atoms with Gasteiger partial charge in [0.2, 0.25) is 5.91 Å². The van der Waals surface area contributed by atoms with Crippen molar-refractivity contribution in [3.05, 3.63) is 53.1 Å². The summed E-state index contributed by atoms with van der Waals surface area (Å²) in [5.74, 6) is -0.0401. The van der Waals surface area contributed by atoms with Gasteiger partial charge in [-0.15, -0.1) is 0 Å². The fourth-order valence-electron chi connectivity index (χ4n) is 3.69. The van der Waals surface area contributed by atoms with Crippen LogP contribution in [0.1, 0.15) is 37.0 Å². The maximum absolute atomic E-state index is 13.4. The molecule has 0 bridgehead atoms. The van der Waals surface area contributed by atoms with Crippen molar-refractivity contribution >= 4 is 42.4 Å². The van der Waals surface area contributed by atoms with Crippen molar-refractivity contribution in [3.8, 4) is 0 Å². The highest BCUT2D eigenvalue weighted by Gasteiger charge is 2.22. The monoisotopic (exact) mass is 487 g/mol. The normalized spacial score (nSPS) is 12.1. The summed E-state index contributed by atoms with van der Waals surface area (Å²) in [6.45, 7) is 8.89. The van der Waals surface area contributed by atoms with Gasteiger partial charge in [-0.05, 0) is 89.6 Å². The van der Waals surface area contributed by atoms with Gasteiger partial charge in [0.1, 0.15) is 0 Å². The van der Waals surface area contributed by atoms with E-state index in [2.05, 4.69) is 24.0 Å². The number of nitrogens with zero attached hydrogens (tertiary/aromatic N) is 3. The molecule has 0 saturated carbocycles. The average molecular weight is 488 g/mol. The second-order valence-corrected chi connectivity index (χ2v) is 12.6. The first kappa shape index (κ1) is 25.3. The van der Waals surface area contributed by atoms with Crippen LogP contribution < -0.4 is 4.90 Å². The van der Waals surface area contributed by atoms with Gasteiger partial charge >= 0.3 is 0 Å². The van der Waals surface area contributed by atoms with Crippen LogP contribution in [0.2, 0.25) is 0 Å². The van der Waals surface area contributed by atoms with Crippen LogP contribution in [0, 0.1) is 13.8 Å². The van der Waals surface area contributed by atoms with Crippen LogP contribution in [0.15, 0.2) is 41.3 Å². The highest BCUT2D eigenvalue weighted by atomic mass is 32.2. The van der Waals surface area contributed by atoms with Gasteiger partial charge in [-0.3, -0.25) is 9.69 Å². The highest BCUT2D eigenvalue weighted by Crippen LogP contribution is 2.32. The molecule has 8 heteroatoms. The van der Waals surface area contributed by atoms with E-state index < -0.39 is 15.1 Å². The van der Waals surface area contributed by atoms with Crippen molar-refractivity contribution in [1.82, 2.24) is 9.88 Å². The zero-order chi connectivity index (χ0) is 24.3. The molecule has 33 heavy (non-hydrogen) atoms. The molecule has 1 heterocycles. The number of carbonyl (C=O) groups excluding carboxylic acids is 1. The zero-order valence-electron chi connectivity index (χ0n) is 20.3. The van der Waals surface area contributed by atoms with Gasteiger partial charge < -0.3 is 4.90 Å². The Labute approximate surface area is 201 Å². The molecule has 3 rings (SSSR count). The van der Waals surface area contributed by atoms with E-state index in [1.807, 2.05) is 21.0 Å². The maximum Gasteiger partial charge on any atom is 0.233 e. The third kappa shape index (κ3) is 5.99. The maximum atomic E-state index is 13.4. The van der Waals surface area contributed by atoms with Crippen LogP contribution in [0.4, 0.5) is 5.13 Å². The van der Waals surface area contributed by atoms with Gasteiger partial charge in [-0.2, -0.15) is 0 Å². The number of thiazole rings is 1. The summed E-state index contributed by atoms with van der Waals surface area (Å²) in [5.41, 5.74) is 4.01. The molecule has 0 N–H and O–H groups in total. The molecule has 0 aliphatic rings. The number of benzene rings is 2. The molecule has 0 atom stereocenters. The van der Waals surface area contributed by atoms with E-state index in [4.69, 9.17) is 4.98 Å². The van der Waals surface area contributed by atoms with E-state index in [0.717, 1.165) is 34.3 Å². The number of amides is 1. The molecule has 2 aromatic carbocycles. The van der Waals surface area contributed by atoms with E-state index in [1.165, 1.54) is 5.56 Å². The lowest BCUT2D eigenvalue weighted by Gasteiger charge is -2.21. The molecular weight excluding hydrogens is 454 g/mol. The summed E-state index contributed by atoms with van der Waals surface area (Å²) < 4.78 is 25.8. The van der Waals surface area contributed by atoms with Crippen LogP contribution in [0.5, 0.6) is 0 Å². The number of aromatic nitrogens is 1. The fourth-order valence-corrected chi connectivity index (χ4v) is 5.93. The van der Waals surface area contributed by atoms with Crippen LogP contribution >= 0.6 is 11.3 Å². The fraction of sp³-hybridized carbons (Fsp3) is 0.440. The molecular formula is C25H33N3O3S2. The summed E-state index contributed by atoms with van der Waals surface area (Å²) in [6, 6.07) is 10.9. The Hall–Kier alpha value is -2.29. The number of fused-ring (bicyclic) bond motifs is 1. The van der Waals surface area contributed by atoms with Crippen LogP contribution in [0.3, 0.4) is 0 Å². The van der Waals surface area contributed by atoms with Crippen molar-refractivity contribution in [3.63, 3.8) is 0 Å². The van der Waals surface area contributed by atoms with Gasteiger partial charge in [-0.1, -0.05) is 29.5 Å². The van der Waals surface area contributed by atoms with E-state index in [-0.39, 0.29) is 17.2 Å². The lowest BCUT2D eigenvalue weighted by Crippen LogP contribution is -2.34. The Morgan fingerprint density at radius 1 is 1.06 bits per heavy atom. The number of rotatable bonds is 9. The average Bonchev–Trinajstić information content (AvgIpc) is 3.15. The van der Waals surface area contributed by atoms with Crippen molar-refractivity contribution < 1.29 is 13.2 Å². The van der Waals surface area contributed by atoms with E-state index >= 15 is 0 Å². The number of aryl methyl sites for hydroxylation is 2. The summed E-state index contributed by atoms with van der Waals surface area (Å²) in [5, 5.41) is 0.227. The Balaban J connectivity index is 1.86. The van der Waals surface area contributed by atoms with Crippen LogP contribution in [-0.4, -0.2) is 56.6 Å². The third-order valence-electron chi connectivity index (χ3n) is 5.57. The number of sulfone groups is 1. The molecule has 0 spiro atoms. The first-order chi connectivity index (χ1) is 15.5. The Kier molecular flexibility index (Phi) is 7.92. The molecule has 1 aromatic heterocycles. The first-order valence-corrected chi connectivity index (χ1v) is 13.5. The lowest BCUT2D eigenvalue weighted by molar-refractivity contribution is -0.118. The summed E-state index contributed by atoms with van der Waals surface area (Å²) in [6.07, 6.45) is 1.02. The van der Waals surface area contributed by atoms with Gasteiger partial charge in [0.25, 0.3) is 0 Å². The zero-order valence-corrected chi connectivity index (χ0v) is 21.9. The topological polar surface area (TPSA) is 70.6 Å². The predicted molar refractivity (Wildman–Crippen MR) is 137 cm³/mol. The Morgan fingerprint density at radius 2 is 1.73 bits per heavy atom. The smallest absolute Gasteiger partial charge is 0.233 e. The molecule has 6 nitrogen and oxygen atoms in total. The van der Waals surface area contributed by atoms with Crippen LogP contribution in [-0.2, 0) is 21.1 Å².